The van der Waals surface area contributed by atoms with Crippen molar-refractivity contribution in [3.8, 4) is 0 Å². The lowest BCUT2D eigenvalue weighted by molar-refractivity contribution is -0.165. The molecule has 0 aliphatic heterocycles. The molecule has 25 heavy (non-hydrogen) atoms. The Hall–Kier alpha value is -0.560. The van der Waals surface area contributed by atoms with Crippen LogP contribution in [0, 0.1) is 5.92 Å². The van der Waals surface area contributed by atoms with Gasteiger partial charge in [0.15, 0.2) is 0 Å². The van der Waals surface area contributed by atoms with Gasteiger partial charge in [0.05, 0.1) is 45.2 Å². The number of halogens is 1. The quantitative estimate of drug-likeness (QED) is 0.484. The maximum Gasteiger partial charge on any atom is 0.137 e. The molecule has 1 fully saturated rings. The highest BCUT2D eigenvalue weighted by atomic mass is 19.3. The van der Waals surface area contributed by atoms with Crippen molar-refractivity contribution in [2.24, 2.45) is 5.92 Å². The van der Waals surface area contributed by atoms with E-state index in [4.69, 9.17) is 14.2 Å². The maximum absolute atomic E-state index is 11.3. The molecule has 0 spiro atoms. The van der Waals surface area contributed by atoms with Gasteiger partial charge in [-0.1, -0.05) is 33.1 Å². The number of hydrogen-bond donors (Lipinski definition) is 0. The molecule has 0 atom stereocenters. The molecule has 0 bridgehead atoms. The molecule has 5 nitrogen and oxygen atoms in total. The number of ether oxygens (including phenoxy) is 3. The molecular formula is C19H37FO5. The van der Waals surface area contributed by atoms with Crippen LogP contribution in [0.5, 0.6) is 0 Å². The van der Waals surface area contributed by atoms with Crippen molar-refractivity contribution in [1.29, 1.82) is 0 Å². The van der Waals surface area contributed by atoms with E-state index < -0.39 is 0 Å². The van der Waals surface area contributed by atoms with E-state index in [0.29, 0.717) is 45.6 Å². The normalized spacial score (nSPS) is 15.3. The van der Waals surface area contributed by atoms with E-state index in [2.05, 4.69) is 4.94 Å². The Kier molecular flexibility index (Phi) is 16.5. The van der Waals surface area contributed by atoms with Crippen molar-refractivity contribution in [3.63, 3.8) is 0 Å². The third kappa shape index (κ3) is 16.6. The molecule has 1 saturated carbocycles. The zero-order chi connectivity index (χ0) is 18.9. The number of carbonyl (C=O) groups is 1. The lowest BCUT2D eigenvalue weighted by Crippen LogP contribution is -2.19. The van der Waals surface area contributed by atoms with Crippen LogP contribution in [0.2, 0.25) is 0 Å². The third-order valence-electron chi connectivity index (χ3n) is 3.82. The predicted molar refractivity (Wildman–Crippen MR) is 96.3 cm³/mol. The van der Waals surface area contributed by atoms with Crippen molar-refractivity contribution in [2.75, 3.05) is 33.0 Å². The van der Waals surface area contributed by atoms with E-state index in [1.165, 1.54) is 32.1 Å². The van der Waals surface area contributed by atoms with E-state index in [9.17, 15) is 9.32 Å². The van der Waals surface area contributed by atoms with Crippen LogP contribution >= 0.6 is 0 Å². The Balaban J connectivity index is 0.00000101. The van der Waals surface area contributed by atoms with E-state index >= 15 is 0 Å². The van der Waals surface area contributed by atoms with Gasteiger partial charge < -0.3 is 14.2 Å². The van der Waals surface area contributed by atoms with Gasteiger partial charge in [-0.15, -0.1) is 0 Å². The number of Topliss-reactive ketones (excluding diaryl/α,β-unsaturated/α-hetero) is 1. The first-order chi connectivity index (χ1) is 12.0. The SMILES string of the molecule is CC(C)C(=O)CCOCCOCCOC1CCCCC1.CC(C)OF. The number of hydrogen-bond acceptors (Lipinski definition) is 5. The molecule has 0 aromatic rings. The molecule has 0 heterocycles. The Bertz CT molecular complexity index is 304. The van der Waals surface area contributed by atoms with Gasteiger partial charge in [0.1, 0.15) is 5.78 Å². The molecule has 150 valence electrons. The lowest BCUT2D eigenvalue weighted by atomic mass is 9.98. The second-order valence-corrected chi connectivity index (χ2v) is 6.86. The van der Waals surface area contributed by atoms with Gasteiger partial charge in [0.25, 0.3) is 0 Å². The van der Waals surface area contributed by atoms with Crippen LogP contribution in [0.1, 0.15) is 66.2 Å². The lowest BCUT2D eigenvalue weighted by Gasteiger charge is -2.21. The average Bonchev–Trinajstić information content (AvgIpc) is 2.61. The molecule has 1 aliphatic carbocycles. The van der Waals surface area contributed by atoms with E-state index in [0.717, 1.165) is 0 Å². The molecule has 0 aromatic carbocycles. The molecule has 0 radical (unpaired) electrons. The first-order valence-electron chi connectivity index (χ1n) is 9.54. The molecule has 0 amide bonds. The average molecular weight is 364 g/mol. The second kappa shape index (κ2) is 16.9. The summed E-state index contributed by atoms with van der Waals surface area (Å²) in [5, 5.41) is 0. The molecule has 6 heteroatoms. The fourth-order valence-corrected chi connectivity index (χ4v) is 2.29. The molecular weight excluding hydrogens is 327 g/mol. The topological polar surface area (TPSA) is 54.0 Å². The van der Waals surface area contributed by atoms with Crippen molar-refractivity contribution in [2.45, 2.75) is 78.4 Å². The summed E-state index contributed by atoms with van der Waals surface area (Å²) < 4.78 is 27.2. The summed E-state index contributed by atoms with van der Waals surface area (Å²) in [6.45, 7) is 10.0. The summed E-state index contributed by atoms with van der Waals surface area (Å²) in [4.78, 5) is 14.6. The van der Waals surface area contributed by atoms with Crippen LogP contribution in [0.25, 0.3) is 0 Å². The minimum Gasteiger partial charge on any atom is -0.379 e. The van der Waals surface area contributed by atoms with Crippen LogP contribution in [0.4, 0.5) is 4.53 Å². The number of rotatable bonds is 12. The highest BCUT2D eigenvalue weighted by Crippen LogP contribution is 2.19. The molecule has 0 N–H and O–H groups in total. The minimum absolute atomic E-state index is 0.104. The minimum atomic E-state index is -0.282. The number of carbonyl (C=O) groups excluding carboxylic acids is 1. The predicted octanol–water partition coefficient (Wildman–Crippen LogP) is 4.28. The second-order valence-electron chi connectivity index (χ2n) is 6.86. The standard InChI is InChI=1S/C16H30O4.C3H7FO/c1-14(2)16(17)8-9-18-10-11-19-12-13-20-15-6-4-3-5-7-15;1-3(2)5-4/h14-15H,3-13H2,1-2H3;3H,1-2H3. The first kappa shape index (κ1) is 24.4. The highest BCUT2D eigenvalue weighted by molar-refractivity contribution is 5.80. The van der Waals surface area contributed by atoms with E-state index in [1.54, 1.807) is 13.8 Å². The van der Waals surface area contributed by atoms with Crippen LogP contribution < -0.4 is 0 Å². The first-order valence-corrected chi connectivity index (χ1v) is 9.54. The summed E-state index contributed by atoms with van der Waals surface area (Å²) in [6, 6.07) is 0. The van der Waals surface area contributed by atoms with Crippen LogP contribution in [0.15, 0.2) is 0 Å². The van der Waals surface area contributed by atoms with E-state index in [-0.39, 0.29) is 17.8 Å². The molecule has 0 aromatic heterocycles. The molecule has 0 unspecified atom stereocenters. The summed E-state index contributed by atoms with van der Waals surface area (Å²) in [5.41, 5.74) is 0. The van der Waals surface area contributed by atoms with Gasteiger partial charge in [-0.2, -0.15) is 4.94 Å². The van der Waals surface area contributed by atoms with Gasteiger partial charge >= 0.3 is 0 Å². The van der Waals surface area contributed by atoms with Crippen molar-refractivity contribution in [1.82, 2.24) is 0 Å². The summed E-state index contributed by atoms with van der Waals surface area (Å²) in [6.07, 6.45) is 7.03. The van der Waals surface area contributed by atoms with Crippen LogP contribution in [0.3, 0.4) is 0 Å². The van der Waals surface area contributed by atoms with Crippen LogP contribution in [-0.2, 0) is 23.9 Å². The van der Waals surface area contributed by atoms with Crippen molar-refractivity contribution >= 4 is 5.78 Å². The molecule has 0 saturated heterocycles. The Labute approximate surface area is 152 Å². The number of ketones is 1. The van der Waals surface area contributed by atoms with Gasteiger partial charge in [-0.3, -0.25) is 4.79 Å². The highest BCUT2D eigenvalue weighted by Gasteiger charge is 2.13. The molecule has 1 aliphatic rings. The van der Waals surface area contributed by atoms with Crippen molar-refractivity contribution in [3.05, 3.63) is 0 Å². The fraction of sp³-hybridized carbons (Fsp3) is 0.947. The van der Waals surface area contributed by atoms with Crippen LogP contribution in [-0.4, -0.2) is 51.0 Å². The Morgan fingerprint density at radius 3 is 1.96 bits per heavy atom. The monoisotopic (exact) mass is 364 g/mol. The van der Waals surface area contributed by atoms with Gasteiger partial charge in [0.2, 0.25) is 0 Å². The van der Waals surface area contributed by atoms with Gasteiger partial charge in [-0.05, 0) is 31.2 Å². The fourth-order valence-electron chi connectivity index (χ4n) is 2.29. The van der Waals surface area contributed by atoms with E-state index in [1.807, 2.05) is 13.8 Å². The Morgan fingerprint density at radius 1 is 0.920 bits per heavy atom. The third-order valence-corrected chi connectivity index (χ3v) is 3.82. The smallest absolute Gasteiger partial charge is 0.137 e. The maximum atomic E-state index is 11.3. The summed E-state index contributed by atoms with van der Waals surface area (Å²) in [5.74, 6) is 0.360. The summed E-state index contributed by atoms with van der Waals surface area (Å²) >= 11 is 0. The zero-order valence-corrected chi connectivity index (χ0v) is 16.4. The zero-order valence-electron chi connectivity index (χ0n) is 16.4. The van der Waals surface area contributed by atoms with Crippen molar-refractivity contribution < 1.29 is 28.5 Å². The van der Waals surface area contributed by atoms with Gasteiger partial charge in [-0.25, -0.2) is 0 Å². The Morgan fingerprint density at radius 2 is 1.44 bits per heavy atom. The summed E-state index contributed by atoms with van der Waals surface area (Å²) in [7, 11) is 0. The molecule has 1 rings (SSSR count). The largest absolute Gasteiger partial charge is 0.379 e. The van der Waals surface area contributed by atoms with Gasteiger partial charge in [0, 0.05) is 12.3 Å².